The van der Waals surface area contributed by atoms with Crippen LogP contribution in [0.4, 0.5) is 0 Å². The SMILES string of the molecule is CN=C(NC)N(C)C.O=S(=O)(O)OS(=O)(=O)O. The highest BCUT2D eigenvalue weighted by atomic mass is 32.3. The van der Waals surface area contributed by atoms with Gasteiger partial charge in [0, 0.05) is 28.2 Å². The molecule has 0 unspecified atom stereocenters. The van der Waals surface area contributed by atoms with Gasteiger partial charge in [0.1, 0.15) is 0 Å². The van der Waals surface area contributed by atoms with E-state index >= 15 is 0 Å². The highest BCUT2D eigenvalue weighted by Gasteiger charge is 2.15. The maximum absolute atomic E-state index is 9.44. The predicted octanol–water partition coefficient (Wildman–Crippen LogP) is -1.64. The third kappa shape index (κ3) is 15.1. The average molecular weight is 293 g/mol. The molecule has 0 aliphatic rings. The summed E-state index contributed by atoms with van der Waals surface area (Å²) in [6.07, 6.45) is 0. The smallest absolute Gasteiger partial charge is 0.359 e. The number of nitrogens with zero attached hydrogens (tertiary/aromatic N) is 2. The number of guanidine groups is 1. The molecule has 0 bridgehead atoms. The Balaban J connectivity index is 0. The minimum atomic E-state index is -5.12. The van der Waals surface area contributed by atoms with Gasteiger partial charge in [0.25, 0.3) is 0 Å². The fraction of sp³-hybridized carbons (Fsp3) is 0.800. The molecule has 104 valence electrons. The third-order valence-electron chi connectivity index (χ3n) is 1.03. The molecule has 0 aliphatic carbocycles. The first kappa shape index (κ1) is 18.4. The standard InChI is InChI=1S/C5H13N3.H2O7S2/c1-6-5(7-2)8(3)4;1-8(2,3)7-9(4,5)6/h1-4H3,(H,6,7);(H,1,2,3)(H,4,5,6). The van der Waals surface area contributed by atoms with Gasteiger partial charge >= 0.3 is 20.8 Å². The van der Waals surface area contributed by atoms with Crippen LogP contribution >= 0.6 is 0 Å². The van der Waals surface area contributed by atoms with Gasteiger partial charge in [-0.2, -0.15) is 16.8 Å². The van der Waals surface area contributed by atoms with E-state index in [9.17, 15) is 16.8 Å². The minimum Gasteiger partial charge on any atom is -0.359 e. The summed E-state index contributed by atoms with van der Waals surface area (Å²) in [5, 5.41) is 2.93. The lowest BCUT2D eigenvalue weighted by Crippen LogP contribution is -2.33. The zero-order valence-electron chi connectivity index (χ0n) is 9.65. The fourth-order valence-corrected chi connectivity index (χ4v) is 1.51. The Labute approximate surface area is 100 Å². The first-order valence-corrected chi connectivity index (χ1v) is 6.63. The highest BCUT2D eigenvalue weighted by Crippen LogP contribution is 1.91. The Bertz CT molecular complexity index is 408. The van der Waals surface area contributed by atoms with Crippen molar-refractivity contribution in [3.05, 3.63) is 0 Å². The highest BCUT2D eigenvalue weighted by molar-refractivity contribution is 7.94. The van der Waals surface area contributed by atoms with Crippen molar-refractivity contribution in [3.63, 3.8) is 0 Å². The van der Waals surface area contributed by atoms with Crippen LogP contribution in [0, 0.1) is 0 Å². The van der Waals surface area contributed by atoms with E-state index in [-0.39, 0.29) is 0 Å². The van der Waals surface area contributed by atoms with E-state index in [4.69, 9.17) is 9.11 Å². The first-order valence-electron chi connectivity index (χ1n) is 3.90. The molecule has 0 aliphatic heterocycles. The van der Waals surface area contributed by atoms with Crippen molar-refractivity contribution in [1.82, 2.24) is 10.2 Å². The summed E-state index contributed by atoms with van der Waals surface area (Å²) in [5.74, 6) is 0.894. The van der Waals surface area contributed by atoms with E-state index in [1.165, 1.54) is 0 Å². The molecule has 0 atom stereocenters. The molecule has 0 amide bonds. The molecule has 0 aromatic heterocycles. The number of hydrogen-bond acceptors (Lipinski definition) is 6. The van der Waals surface area contributed by atoms with Gasteiger partial charge in [-0.15, -0.1) is 3.63 Å². The number of nitrogens with one attached hydrogen (secondary N) is 1. The Morgan fingerprint density at radius 3 is 1.53 bits per heavy atom. The number of hydrogen-bond donors (Lipinski definition) is 3. The van der Waals surface area contributed by atoms with Crippen molar-refractivity contribution in [3.8, 4) is 0 Å². The van der Waals surface area contributed by atoms with Crippen LogP contribution in [0.25, 0.3) is 0 Å². The van der Waals surface area contributed by atoms with Crippen molar-refractivity contribution in [1.29, 1.82) is 0 Å². The summed E-state index contributed by atoms with van der Waals surface area (Å²) in [7, 11) is -2.75. The van der Waals surface area contributed by atoms with E-state index in [0.717, 1.165) is 5.96 Å². The zero-order chi connectivity index (χ0) is 14.3. The number of aliphatic imine (C=N–C) groups is 1. The predicted molar refractivity (Wildman–Crippen MR) is 60.3 cm³/mol. The lowest BCUT2D eigenvalue weighted by atomic mass is 10.8. The first-order chi connectivity index (χ1) is 7.43. The molecule has 3 N–H and O–H groups in total. The fourth-order valence-electron chi connectivity index (χ4n) is 0.644. The minimum absolute atomic E-state index is 0.894. The monoisotopic (exact) mass is 293 g/mol. The van der Waals surface area contributed by atoms with Crippen molar-refractivity contribution in [2.75, 3.05) is 28.2 Å². The second-order valence-electron chi connectivity index (χ2n) is 2.62. The van der Waals surface area contributed by atoms with Gasteiger partial charge in [-0.25, -0.2) is 0 Å². The maximum atomic E-state index is 9.44. The molecule has 0 fully saturated rings. The molecule has 0 heterocycles. The lowest BCUT2D eigenvalue weighted by Gasteiger charge is -2.12. The van der Waals surface area contributed by atoms with Gasteiger partial charge < -0.3 is 10.2 Å². The Morgan fingerprint density at radius 2 is 1.53 bits per heavy atom. The van der Waals surface area contributed by atoms with Crippen LogP contribution in [0.5, 0.6) is 0 Å². The molecule has 0 saturated heterocycles. The quantitative estimate of drug-likeness (QED) is 0.310. The summed E-state index contributed by atoms with van der Waals surface area (Å²) in [6, 6.07) is 0. The molecule has 0 aromatic carbocycles. The lowest BCUT2D eigenvalue weighted by molar-refractivity contribution is 0.344. The van der Waals surface area contributed by atoms with Crippen LogP contribution in [0.15, 0.2) is 4.99 Å². The second kappa shape index (κ2) is 7.39. The van der Waals surface area contributed by atoms with Crippen LogP contribution < -0.4 is 5.32 Å². The number of rotatable bonds is 2. The molecule has 12 heteroatoms. The van der Waals surface area contributed by atoms with Crippen LogP contribution in [-0.4, -0.2) is 65.0 Å². The zero-order valence-corrected chi connectivity index (χ0v) is 11.3. The molecule has 0 aromatic rings. The summed E-state index contributed by atoms with van der Waals surface area (Å²) >= 11 is 0. The molecule has 10 nitrogen and oxygen atoms in total. The van der Waals surface area contributed by atoms with E-state index in [1.807, 2.05) is 26.0 Å². The largest absolute Gasteiger partial charge is 0.413 e. The third-order valence-corrected chi connectivity index (χ3v) is 2.41. The Morgan fingerprint density at radius 1 is 1.18 bits per heavy atom. The van der Waals surface area contributed by atoms with E-state index in [0.29, 0.717) is 0 Å². The molecule has 0 saturated carbocycles. The second-order valence-corrected chi connectivity index (χ2v) is 4.87. The van der Waals surface area contributed by atoms with Gasteiger partial charge in [-0.1, -0.05) is 0 Å². The summed E-state index contributed by atoms with van der Waals surface area (Å²) in [5.41, 5.74) is 0. The van der Waals surface area contributed by atoms with Gasteiger partial charge in [0.05, 0.1) is 0 Å². The molecular weight excluding hydrogens is 278 g/mol. The molecule has 17 heavy (non-hydrogen) atoms. The van der Waals surface area contributed by atoms with Gasteiger partial charge in [0.15, 0.2) is 5.96 Å². The van der Waals surface area contributed by atoms with Gasteiger partial charge in [0.2, 0.25) is 0 Å². The van der Waals surface area contributed by atoms with Gasteiger partial charge in [-0.3, -0.25) is 14.1 Å². The van der Waals surface area contributed by atoms with E-state index in [2.05, 4.69) is 13.9 Å². The van der Waals surface area contributed by atoms with Crippen molar-refractivity contribution in [2.45, 2.75) is 0 Å². The van der Waals surface area contributed by atoms with Crippen LogP contribution in [0.1, 0.15) is 0 Å². The maximum Gasteiger partial charge on any atom is 0.413 e. The van der Waals surface area contributed by atoms with Crippen LogP contribution in [-0.2, 0) is 24.4 Å². The molecular formula is C5H15N3O7S2. The summed E-state index contributed by atoms with van der Waals surface area (Å²) < 4.78 is 55.6. The van der Waals surface area contributed by atoms with E-state index in [1.54, 1.807) is 7.05 Å². The summed E-state index contributed by atoms with van der Waals surface area (Å²) in [6.45, 7) is 0. The summed E-state index contributed by atoms with van der Waals surface area (Å²) in [4.78, 5) is 5.85. The van der Waals surface area contributed by atoms with E-state index < -0.39 is 20.8 Å². The molecule has 0 spiro atoms. The van der Waals surface area contributed by atoms with Crippen LogP contribution in [0.3, 0.4) is 0 Å². The van der Waals surface area contributed by atoms with Crippen LogP contribution in [0.2, 0.25) is 0 Å². The Kier molecular flexibility index (Phi) is 8.01. The van der Waals surface area contributed by atoms with Crippen molar-refractivity contribution < 1.29 is 29.6 Å². The molecule has 0 rings (SSSR count). The average Bonchev–Trinajstić information content (AvgIpc) is 1.99. The molecule has 0 radical (unpaired) electrons. The van der Waals surface area contributed by atoms with Crippen molar-refractivity contribution in [2.24, 2.45) is 4.99 Å². The Hall–Kier alpha value is -0.950. The topological polar surface area (TPSA) is 146 Å². The van der Waals surface area contributed by atoms with Crippen molar-refractivity contribution >= 4 is 26.8 Å². The normalized spacial score (nSPS) is 12.5. The van der Waals surface area contributed by atoms with Gasteiger partial charge in [-0.05, 0) is 0 Å².